The molecule has 0 radical (unpaired) electrons. The Morgan fingerprint density at radius 3 is 1.82 bits per heavy atom. The highest BCUT2D eigenvalue weighted by Crippen LogP contribution is 2.57. The normalized spacial score (nSPS) is 24.5. The Morgan fingerprint density at radius 1 is 0.758 bits per heavy atom. The number of fused-ring (bicyclic) bond motifs is 3. The lowest BCUT2D eigenvalue weighted by atomic mass is 9.56. The van der Waals surface area contributed by atoms with Gasteiger partial charge in [0.05, 0.1) is 32.8 Å². The molecule has 33 heavy (non-hydrogen) atoms. The molecular weight excluding hydrogens is 410 g/mol. The Hall–Kier alpha value is -2.82. The molecule has 3 aromatic carbocycles. The third-order valence-electron chi connectivity index (χ3n) is 8.24. The molecule has 4 nitrogen and oxygen atoms in total. The molecule has 0 unspecified atom stereocenters. The molecule has 3 fully saturated rings. The molecule has 172 valence electrons. The topological polar surface area (TPSA) is 49.7 Å². The molecule has 2 bridgehead atoms. The first kappa shape index (κ1) is 22.0. The number of hydrogen-bond acceptors (Lipinski definition) is 3. The molecule has 4 heteroatoms. The predicted molar refractivity (Wildman–Crippen MR) is 130 cm³/mol. The van der Waals surface area contributed by atoms with Crippen molar-refractivity contribution in [3.63, 3.8) is 0 Å². The second-order valence-electron chi connectivity index (χ2n) is 9.88. The molecular formula is C29H34NO3+. The average molecular weight is 445 g/mol. The molecule has 3 aliphatic rings. The van der Waals surface area contributed by atoms with Gasteiger partial charge in [-0.15, -0.1) is 0 Å². The zero-order valence-corrected chi connectivity index (χ0v) is 19.2. The van der Waals surface area contributed by atoms with E-state index in [1.807, 2.05) is 48.5 Å². The predicted octanol–water partition coefficient (Wildman–Crippen LogP) is 5.10. The van der Waals surface area contributed by atoms with Crippen LogP contribution in [0, 0.1) is 5.41 Å². The number of quaternary nitrogens is 1. The Labute approximate surface area is 196 Å². The summed E-state index contributed by atoms with van der Waals surface area (Å²) in [6.07, 6.45) is 4.03. The largest absolute Gasteiger partial charge is 0.504 e. The zero-order chi connectivity index (χ0) is 22.8. The highest BCUT2D eigenvalue weighted by Gasteiger charge is 2.60. The number of aliphatic hydroxyl groups is 1. The van der Waals surface area contributed by atoms with E-state index in [9.17, 15) is 10.2 Å². The molecule has 0 saturated carbocycles. The van der Waals surface area contributed by atoms with Crippen molar-refractivity contribution >= 4 is 0 Å². The van der Waals surface area contributed by atoms with E-state index in [0.29, 0.717) is 12.4 Å². The standard InChI is InChI=1S/C29H33NO3/c31-26-14-7-8-15-27(26)33-23-9-19-30-20-16-28(17-21-30,18-22-30)29(32,24-10-3-1-4-11-24)25-12-5-2-6-13-25/h1-8,10-15,32H,9,16-23H2/p+1. The van der Waals surface area contributed by atoms with Gasteiger partial charge in [0, 0.05) is 31.1 Å². The number of phenols is 1. The van der Waals surface area contributed by atoms with Crippen molar-refractivity contribution in [2.24, 2.45) is 5.41 Å². The summed E-state index contributed by atoms with van der Waals surface area (Å²) in [5.41, 5.74) is 0.908. The smallest absolute Gasteiger partial charge is 0.160 e. The van der Waals surface area contributed by atoms with Crippen molar-refractivity contribution in [1.82, 2.24) is 0 Å². The zero-order valence-electron chi connectivity index (χ0n) is 19.2. The molecule has 0 aliphatic carbocycles. The highest BCUT2D eigenvalue weighted by atomic mass is 16.5. The maximum atomic E-state index is 12.5. The lowest BCUT2D eigenvalue weighted by molar-refractivity contribution is -0.946. The summed E-state index contributed by atoms with van der Waals surface area (Å²) < 4.78 is 6.94. The van der Waals surface area contributed by atoms with Crippen molar-refractivity contribution in [3.8, 4) is 11.5 Å². The minimum Gasteiger partial charge on any atom is -0.504 e. The second-order valence-corrected chi connectivity index (χ2v) is 9.88. The van der Waals surface area contributed by atoms with Gasteiger partial charge in [-0.2, -0.15) is 0 Å². The van der Waals surface area contributed by atoms with Gasteiger partial charge in [0.1, 0.15) is 5.60 Å². The van der Waals surface area contributed by atoms with E-state index in [4.69, 9.17) is 4.74 Å². The van der Waals surface area contributed by atoms with Crippen LogP contribution in [0.25, 0.3) is 0 Å². The fraction of sp³-hybridized carbons (Fsp3) is 0.379. The summed E-state index contributed by atoms with van der Waals surface area (Å²) in [5, 5.41) is 22.4. The van der Waals surface area contributed by atoms with E-state index >= 15 is 0 Å². The van der Waals surface area contributed by atoms with E-state index < -0.39 is 5.60 Å². The average Bonchev–Trinajstić information content (AvgIpc) is 2.89. The first-order valence-electron chi connectivity index (χ1n) is 12.2. The van der Waals surface area contributed by atoms with Crippen LogP contribution in [0.2, 0.25) is 0 Å². The monoisotopic (exact) mass is 444 g/mol. The van der Waals surface area contributed by atoms with Crippen LogP contribution in [0.1, 0.15) is 36.8 Å². The summed E-state index contributed by atoms with van der Waals surface area (Å²) >= 11 is 0. The lowest BCUT2D eigenvalue weighted by Crippen LogP contribution is -2.66. The molecule has 0 spiro atoms. The van der Waals surface area contributed by atoms with Crippen molar-refractivity contribution < 1.29 is 19.4 Å². The Morgan fingerprint density at radius 2 is 1.27 bits per heavy atom. The number of aromatic hydroxyl groups is 1. The molecule has 3 heterocycles. The lowest BCUT2D eigenvalue weighted by Gasteiger charge is -2.60. The Bertz CT molecular complexity index is 1000. The summed E-state index contributed by atoms with van der Waals surface area (Å²) in [5.74, 6) is 0.760. The number of piperidine rings is 3. The van der Waals surface area contributed by atoms with Crippen LogP contribution in [0.4, 0.5) is 0 Å². The number of hydrogen-bond donors (Lipinski definition) is 2. The van der Waals surface area contributed by atoms with Crippen molar-refractivity contribution in [3.05, 3.63) is 96.1 Å². The molecule has 2 N–H and O–H groups in total. The van der Waals surface area contributed by atoms with Gasteiger partial charge < -0.3 is 19.4 Å². The van der Waals surface area contributed by atoms with Gasteiger partial charge in [-0.05, 0) is 23.3 Å². The van der Waals surface area contributed by atoms with Gasteiger partial charge in [-0.3, -0.25) is 0 Å². The summed E-state index contributed by atoms with van der Waals surface area (Å²) in [4.78, 5) is 0. The molecule has 3 aliphatic heterocycles. The first-order valence-corrected chi connectivity index (χ1v) is 12.2. The van der Waals surface area contributed by atoms with E-state index in [1.54, 1.807) is 12.1 Å². The van der Waals surface area contributed by atoms with Gasteiger partial charge in [-0.1, -0.05) is 72.8 Å². The van der Waals surface area contributed by atoms with Crippen LogP contribution in [-0.2, 0) is 5.60 Å². The maximum absolute atomic E-state index is 12.5. The van der Waals surface area contributed by atoms with Crippen LogP contribution < -0.4 is 4.74 Å². The minimum atomic E-state index is -0.972. The van der Waals surface area contributed by atoms with Crippen LogP contribution in [0.5, 0.6) is 11.5 Å². The molecule has 0 amide bonds. The van der Waals surface area contributed by atoms with E-state index in [0.717, 1.165) is 67.5 Å². The third-order valence-corrected chi connectivity index (χ3v) is 8.24. The van der Waals surface area contributed by atoms with Crippen molar-refractivity contribution in [2.45, 2.75) is 31.3 Å². The SMILES string of the molecule is Oc1ccccc1OCCC[N+]12CCC(C(O)(c3ccccc3)c3ccccc3)(CC1)CC2. The van der Waals surface area contributed by atoms with Crippen LogP contribution in [0.3, 0.4) is 0 Å². The number of para-hydroxylation sites is 2. The first-order chi connectivity index (χ1) is 16.1. The van der Waals surface area contributed by atoms with E-state index in [2.05, 4.69) is 24.3 Å². The maximum Gasteiger partial charge on any atom is 0.160 e. The molecule has 3 aromatic rings. The van der Waals surface area contributed by atoms with Gasteiger partial charge >= 0.3 is 0 Å². The van der Waals surface area contributed by atoms with Gasteiger partial charge in [0.2, 0.25) is 0 Å². The van der Waals surface area contributed by atoms with E-state index in [1.165, 1.54) is 0 Å². The number of phenolic OH excluding ortho intramolecular Hbond substituents is 1. The summed E-state index contributed by atoms with van der Waals surface area (Å²) in [6.45, 7) is 4.98. The van der Waals surface area contributed by atoms with Crippen LogP contribution in [-0.4, -0.2) is 47.5 Å². The fourth-order valence-electron chi connectivity index (χ4n) is 6.24. The second kappa shape index (κ2) is 8.85. The highest BCUT2D eigenvalue weighted by molar-refractivity contribution is 5.40. The molecule has 6 rings (SSSR count). The third kappa shape index (κ3) is 3.92. The van der Waals surface area contributed by atoms with Crippen molar-refractivity contribution in [2.75, 3.05) is 32.8 Å². The number of rotatable bonds is 8. The Balaban J connectivity index is 1.30. The fourth-order valence-corrected chi connectivity index (χ4v) is 6.24. The van der Waals surface area contributed by atoms with Crippen LogP contribution in [0.15, 0.2) is 84.9 Å². The molecule has 3 saturated heterocycles. The van der Waals surface area contributed by atoms with Crippen molar-refractivity contribution in [1.29, 1.82) is 0 Å². The molecule has 0 aromatic heterocycles. The van der Waals surface area contributed by atoms with Gasteiger partial charge in [-0.25, -0.2) is 0 Å². The summed E-state index contributed by atoms with van der Waals surface area (Å²) in [6, 6.07) is 27.7. The number of benzene rings is 3. The molecule has 0 atom stereocenters. The quantitative estimate of drug-likeness (QED) is 0.376. The van der Waals surface area contributed by atoms with E-state index in [-0.39, 0.29) is 11.2 Å². The number of ether oxygens (including phenoxy) is 1. The van der Waals surface area contributed by atoms with Gasteiger partial charge in [0.25, 0.3) is 0 Å². The summed E-state index contributed by atoms with van der Waals surface area (Å²) in [7, 11) is 0. The Kier molecular flexibility index (Phi) is 5.90. The number of nitrogens with zero attached hydrogens (tertiary/aromatic N) is 1. The van der Waals surface area contributed by atoms with Gasteiger partial charge in [0.15, 0.2) is 11.5 Å². The minimum absolute atomic E-state index is 0.137. The van der Waals surface area contributed by atoms with Crippen LogP contribution >= 0.6 is 0 Å².